The van der Waals surface area contributed by atoms with Gasteiger partial charge in [0.25, 0.3) is 5.56 Å². The first-order chi connectivity index (χ1) is 12.9. The Morgan fingerprint density at radius 1 is 1.19 bits per heavy atom. The molecule has 1 aromatic carbocycles. The number of carbonyl (C=O) groups excluding carboxylic acids is 1. The largest absolute Gasteiger partial charge is 0.355 e. The predicted octanol–water partition coefficient (Wildman–Crippen LogP) is 2.32. The van der Waals surface area contributed by atoms with Crippen molar-refractivity contribution in [3.05, 3.63) is 52.7 Å². The predicted molar refractivity (Wildman–Crippen MR) is 104 cm³/mol. The summed E-state index contributed by atoms with van der Waals surface area (Å²) < 4.78 is 1.28. The normalized spacial score (nSPS) is 11.1. The van der Waals surface area contributed by atoms with Crippen LogP contribution in [-0.2, 0) is 11.3 Å². The topological polar surface area (TPSA) is 89.8 Å². The lowest BCUT2D eigenvalue weighted by atomic mass is 10.1. The quantitative estimate of drug-likeness (QED) is 0.724. The minimum Gasteiger partial charge on any atom is -0.355 e. The maximum atomic E-state index is 12.6. The first-order valence-electron chi connectivity index (χ1n) is 9.00. The van der Waals surface area contributed by atoms with Crippen LogP contribution in [-0.4, -0.2) is 32.0 Å². The molecule has 27 heavy (non-hydrogen) atoms. The van der Waals surface area contributed by atoms with Gasteiger partial charge in [0.1, 0.15) is 18.3 Å². The number of nitrogens with one attached hydrogen (secondary N) is 1. The van der Waals surface area contributed by atoms with Gasteiger partial charge in [-0.25, -0.2) is 15.0 Å². The Labute approximate surface area is 157 Å². The number of aryl methyl sites for hydroxylation is 1. The molecule has 1 N–H and O–H groups in total. The number of carbonyl (C=O) groups is 1. The van der Waals surface area contributed by atoms with E-state index in [0.717, 1.165) is 17.5 Å². The van der Waals surface area contributed by atoms with Crippen LogP contribution in [0.25, 0.3) is 22.4 Å². The molecule has 140 valence electrons. The summed E-state index contributed by atoms with van der Waals surface area (Å²) in [6.45, 7) is 6.71. The van der Waals surface area contributed by atoms with Crippen molar-refractivity contribution < 1.29 is 4.79 Å². The lowest BCUT2D eigenvalue weighted by Gasteiger charge is -2.09. The van der Waals surface area contributed by atoms with Gasteiger partial charge in [-0.2, -0.15) is 0 Å². The van der Waals surface area contributed by atoms with Gasteiger partial charge in [0, 0.05) is 18.3 Å². The summed E-state index contributed by atoms with van der Waals surface area (Å²) >= 11 is 0. The van der Waals surface area contributed by atoms with E-state index in [-0.39, 0.29) is 18.0 Å². The van der Waals surface area contributed by atoms with Gasteiger partial charge in [0.15, 0.2) is 11.5 Å². The summed E-state index contributed by atoms with van der Waals surface area (Å²) in [5, 5.41) is 3.11. The van der Waals surface area contributed by atoms with Gasteiger partial charge < -0.3 is 5.32 Å². The number of nitrogens with zero attached hydrogens (tertiary/aromatic N) is 4. The summed E-state index contributed by atoms with van der Waals surface area (Å²) in [7, 11) is 0. The minimum atomic E-state index is -0.325. The van der Waals surface area contributed by atoms with Gasteiger partial charge in [0.2, 0.25) is 5.91 Å². The summed E-state index contributed by atoms with van der Waals surface area (Å²) in [4.78, 5) is 37.5. The number of rotatable bonds is 6. The van der Waals surface area contributed by atoms with Gasteiger partial charge in [-0.15, -0.1) is 0 Å². The zero-order valence-electron chi connectivity index (χ0n) is 15.8. The first kappa shape index (κ1) is 18.7. The second-order valence-electron chi connectivity index (χ2n) is 7.01. The maximum absolute atomic E-state index is 12.6. The van der Waals surface area contributed by atoms with Crippen LogP contribution in [0.2, 0.25) is 0 Å². The van der Waals surface area contributed by atoms with Crippen molar-refractivity contribution in [2.45, 2.75) is 33.7 Å². The van der Waals surface area contributed by atoms with E-state index in [1.165, 1.54) is 17.1 Å². The highest BCUT2D eigenvalue weighted by Crippen LogP contribution is 2.16. The van der Waals surface area contributed by atoms with E-state index >= 15 is 0 Å². The molecule has 0 saturated heterocycles. The second-order valence-corrected chi connectivity index (χ2v) is 7.01. The standard InChI is InChI=1S/C20H23N5O2/c1-13(2)8-9-21-17(26)11-25-12-23-19-16(20(25)27)10-22-18(24-19)15-6-4-14(3)5-7-15/h4-7,10,12-13H,8-9,11H2,1-3H3,(H,21,26). The molecule has 0 spiro atoms. The third-order valence-electron chi connectivity index (χ3n) is 4.25. The average Bonchev–Trinajstić information content (AvgIpc) is 2.64. The Morgan fingerprint density at radius 2 is 1.93 bits per heavy atom. The molecule has 3 rings (SSSR count). The SMILES string of the molecule is Cc1ccc(-c2ncc3c(=O)n(CC(=O)NCCC(C)C)cnc3n2)cc1. The number of hydrogen-bond donors (Lipinski definition) is 1. The van der Waals surface area contributed by atoms with E-state index in [9.17, 15) is 9.59 Å². The molecular weight excluding hydrogens is 342 g/mol. The Balaban J connectivity index is 1.81. The lowest BCUT2D eigenvalue weighted by Crippen LogP contribution is -2.33. The number of fused-ring (bicyclic) bond motifs is 1. The van der Waals surface area contributed by atoms with Crippen molar-refractivity contribution in [1.82, 2.24) is 24.8 Å². The Kier molecular flexibility index (Phi) is 5.59. The minimum absolute atomic E-state index is 0.0699. The Bertz CT molecular complexity index is 1010. The smallest absolute Gasteiger partial charge is 0.264 e. The van der Waals surface area contributed by atoms with Gasteiger partial charge in [-0.1, -0.05) is 43.7 Å². The molecule has 0 atom stereocenters. The number of benzene rings is 1. The number of aromatic nitrogens is 4. The molecule has 0 aliphatic rings. The van der Waals surface area contributed by atoms with Gasteiger partial charge in [-0.3, -0.25) is 14.2 Å². The monoisotopic (exact) mass is 365 g/mol. The van der Waals surface area contributed by atoms with Gasteiger partial charge in [-0.05, 0) is 19.3 Å². The third kappa shape index (κ3) is 4.55. The summed E-state index contributed by atoms with van der Waals surface area (Å²) in [6, 6.07) is 7.82. The molecule has 0 unspecified atom stereocenters. The maximum Gasteiger partial charge on any atom is 0.264 e. The Morgan fingerprint density at radius 3 is 2.63 bits per heavy atom. The summed E-state index contributed by atoms with van der Waals surface area (Å²) in [6.07, 6.45) is 3.73. The average molecular weight is 365 g/mol. The van der Waals surface area contributed by atoms with Gasteiger partial charge in [0.05, 0.1) is 0 Å². The van der Waals surface area contributed by atoms with E-state index < -0.39 is 0 Å². The zero-order chi connectivity index (χ0) is 19.4. The fraction of sp³-hybridized carbons (Fsp3) is 0.350. The van der Waals surface area contributed by atoms with Crippen LogP contribution in [0.4, 0.5) is 0 Å². The van der Waals surface area contributed by atoms with Crippen molar-refractivity contribution in [3.63, 3.8) is 0 Å². The highest BCUT2D eigenvalue weighted by molar-refractivity contribution is 5.77. The van der Waals surface area contributed by atoms with Crippen LogP contribution in [0.3, 0.4) is 0 Å². The molecule has 2 aromatic heterocycles. The van der Waals surface area contributed by atoms with E-state index in [0.29, 0.717) is 29.3 Å². The molecule has 0 fully saturated rings. The molecule has 0 saturated carbocycles. The molecule has 7 heteroatoms. The molecule has 0 aliphatic carbocycles. The molecule has 3 aromatic rings. The van der Waals surface area contributed by atoms with Crippen LogP contribution in [0, 0.1) is 12.8 Å². The molecule has 1 amide bonds. The van der Waals surface area contributed by atoms with Crippen molar-refractivity contribution in [1.29, 1.82) is 0 Å². The van der Waals surface area contributed by atoms with Crippen LogP contribution < -0.4 is 10.9 Å². The highest BCUT2D eigenvalue weighted by atomic mass is 16.2. The number of amides is 1. The van der Waals surface area contributed by atoms with Gasteiger partial charge >= 0.3 is 0 Å². The van der Waals surface area contributed by atoms with Crippen molar-refractivity contribution in [2.24, 2.45) is 5.92 Å². The molecule has 0 aliphatic heterocycles. The lowest BCUT2D eigenvalue weighted by molar-refractivity contribution is -0.121. The zero-order valence-corrected chi connectivity index (χ0v) is 15.8. The molecule has 0 radical (unpaired) electrons. The van der Waals surface area contributed by atoms with Crippen LogP contribution in [0.1, 0.15) is 25.8 Å². The van der Waals surface area contributed by atoms with Crippen molar-refractivity contribution >= 4 is 16.9 Å². The van der Waals surface area contributed by atoms with Crippen molar-refractivity contribution in [3.8, 4) is 11.4 Å². The van der Waals surface area contributed by atoms with E-state index in [1.807, 2.05) is 31.2 Å². The fourth-order valence-corrected chi connectivity index (χ4v) is 2.62. The fourth-order valence-electron chi connectivity index (χ4n) is 2.62. The first-order valence-corrected chi connectivity index (χ1v) is 9.00. The Hall–Kier alpha value is -3.09. The highest BCUT2D eigenvalue weighted by Gasteiger charge is 2.11. The third-order valence-corrected chi connectivity index (χ3v) is 4.25. The van der Waals surface area contributed by atoms with Crippen molar-refractivity contribution in [2.75, 3.05) is 6.54 Å². The van der Waals surface area contributed by atoms with E-state index in [2.05, 4.69) is 34.1 Å². The van der Waals surface area contributed by atoms with Crippen LogP contribution in [0.5, 0.6) is 0 Å². The molecule has 0 bridgehead atoms. The number of hydrogen-bond acceptors (Lipinski definition) is 5. The van der Waals surface area contributed by atoms with Crippen LogP contribution in [0.15, 0.2) is 41.6 Å². The molecule has 2 heterocycles. The molecular formula is C20H23N5O2. The van der Waals surface area contributed by atoms with E-state index in [1.54, 1.807) is 0 Å². The van der Waals surface area contributed by atoms with E-state index in [4.69, 9.17) is 0 Å². The molecule has 7 nitrogen and oxygen atoms in total. The summed E-state index contributed by atoms with van der Waals surface area (Å²) in [5.41, 5.74) is 2.00. The summed E-state index contributed by atoms with van der Waals surface area (Å²) in [5.74, 6) is 0.810. The van der Waals surface area contributed by atoms with Crippen LogP contribution >= 0.6 is 0 Å². The second kappa shape index (κ2) is 8.07.